The van der Waals surface area contributed by atoms with Crippen LogP contribution in [0, 0.1) is 5.92 Å². The summed E-state index contributed by atoms with van der Waals surface area (Å²) in [5, 5.41) is 3.37. The van der Waals surface area contributed by atoms with E-state index in [-0.39, 0.29) is 0 Å². The van der Waals surface area contributed by atoms with E-state index in [0.29, 0.717) is 12.0 Å². The fourth-order valence-electron chi connectivity index (χ4n) is 2.64. The van der Waals surface area contributed by atoms with Gasteiger partial charge in [0, 0.05) is 6.04 Å². The maximum Gasteiger partial charge on any atom is 0.119 e. The molecule has 0 heterocycles. The smallest absolute Gasteiger partial charge is 0.119 e. The Labute approximate surface area is 104 Å². The molecule has 1 N–H and O–H groups in total. The number of benzene rings is 1. The summed E-state index contributed by atoms with van der Waals surface area (Å²) in [6.45, 7) is 5.26. The van der Waals surface area contributed by atoms with E-state index in [1.807, 2.05) is 0 Å². The highest BCUT2D eigenvalue weighted by Crippen LogP contribution is 2.42. The van der Waals surface area contributed by atoms with Crippen LogP contribution >= 0.6 is 0 Å². The normalized spacial score (nSPS) is 27.6. The third-order valence-corrected chi connectivity index (χ3v) is 3.93. The van der Waals surface area contributed by atoms with Crippen molar-refractivity contribution in [1.82, 2.24) is 5.32 Å². The van der Waals surface area contributed by atoms with Gasteiger partial charge in [0.1, 0.15) is 5.75 Å². The van der Waals surface area contributed by atoms with Crippen LogP contribution in [-0.4, -0.2) is 19.7 Å². The van der Waals surface area contributed by atoms with Crippen molar-refractivity contribution in [3.05, 3.63) is 29.8 Å². The molecule has 0 bridgehead atoms. The van der Waals surface area contributed by atoms with Crippen molar-refractivity contribution in [2.75, 3.05) is 13.7 Å². The predicted molar refractivity (Wildman–Crippen MR) is 71.6 cm³/mol. The zero-order valence-corrected chi connectivity index (χ0v) is 11.1. The van der Waals surface area contributed by atoms with Crippen LogP contribution in [0.5, 0.6) is 5.75 Å². The third kappa shape index (κ3) is 2.63. The number of nitrogens with one attached hydrogen (secondary N) is 1. The minimum Gasteiger partial charge on any atom is -0.494 e. The lowest BCUT2D eigenvalue weighted by molar-refractivity contribution is 0.194. The molecule has 0 aromatic heterocycles. The maximum atomic E-state index is 5.60. The van der Waals surface area contributed by atoms with Crippen molar-refractivity contribution >= 4 is 0 Å². The topological polar surface area (TPSA) is 21.3 Å². The van der Waals surface area contributed by atoms with Crippen molar-refractivity contribution in [3.8, 4) is 5.75 Å². The van der Waals surface area contributed by atoms with Crippen LogP contribution in [0.2, 0.25) is 0 Å². The zero-order valence-electron chi connectivity index (χ0n) is 11.1. The zero-order chi connectivity index (χ0) is 12.3. The van der Waals surface area contributed by atoms with E-state index in [1.165, 1.54) is 12.0 Å². The summed E-state index contributed by atoms with van der Waals surface area (Å²) in [4.78, 5) is 0. The maximum absolute atomic E-state index is 5.60. The van der Waals surface area contributed by atoms with Gasteiger partial charge in [-0.2, -0.15) is 0 Å². The van der Waals surface area contributed by atoms with Gasteiger partial charge >= 0.3 is 0 Å². The van der Waals surface area contributed by atoms with Gasteiger partial charge in [0.25, 0.3) is 0 Å². The SMILES string of the molecule is CCCOc1ccc(C2CC(NC)C2C)cc1. The highest BCUT2D eigenvalue weighted by atomic mass is 16.5. The summed E-state index contributed by atoms with van der Waals surface area (Å²) >= 11 is 0. The second-order valence-corrected chi connectivity index (χ2v) is 5.01. The molecule has 0 spiro atoms. The van der Waals surface area contributed by atoms with Crippen LogP contribution in [0.15, 0.2) is 24.3 Å². The molecule has 94 valence electrons. The van der Waals surface area contributed by atoms with Crippen molar-refractivity contribution in [2.24, 2.45) is 5.92 Å². The fraction of sp³-hybridized carbons (Fsp3) is 0.600. The molecule has 3 atom stereocenters. The lowest BCUT2D eigenvalue weighted by Gasteiger charge is -2.43. The van der Waals surface area contributed by atoms with Crippen LogP contribution in [0.25, 0.3) is 0 Å². The minimum absolute atomic E-state index is 0.691. The van der Waals surface area contributed by atoms with Crippen LogP contribution in [0.1, 0.15) is 38.2 Å². The van der Waals surface area contributed by atoms with E-state index >= 15 is 0 Å². The summed E-state index contributed by atoms with van der Waals surface area (Å²) < 4.78 is 5.60. The minimum atomic E-state index is 0.691. The number of hydrogen-bond acceptors (Lipinski definition) is 2. The van der Waals surface area contributed by atoms with E-state index in [0.717, 1.165) is 24.7 Å². The van der Waals surface area contributed by atoms with Gasteiger partial charge in [-0.1, -0.05) is 26.0 Å². The van der Waals surface area contributed by atoms with Crippen molar-refractivity contribution in [3.63, 3.8) is 0 Å². The molecule has 0 aliphatic heterocycles. The van der Waals surface area contributed by atoms with Crippen LogP contribution in [0.4, 0.5) is 0 Å². The molecular formula is C15H23NO. The molecule has 1 fully saturated rings. The van der Waals surface area contributed by atoms with Gasteiger partial charge in [0.15, 0.2) is 0 Å². The molecule has 2 rings (SSSR count). The Morgan fingerprint density at radius 1 is 1.29 bits per heavy atom. The average Bonchev–Trinajstić information content (AvgIpc) is 2.36. The molecule has 0 radical (unpaired) electrons. The molecule has 3 unspecified atom stereocenters. The molecule has 2 nitrogen and oxygen atoms in total. The van der Waals surface area contributed by atoms with E-state index in [1.54, 1.807) is 0 Å². The highest BCUT2D eigenvalue weighted by molar-refractivity contribution is 5.31. The van der Waals surface area contributed by atoms with Gasteiger partial charge < -0.3 is 10.1 Å². The standard InChI is InChI=1S/C15H23NO/c1-4-9-17-13-7-5-12(6-8-13)14-10-15(16-3)11(14)2/h5-8,11,14-16H,4,9-10H2,1-3H3. The third-order valence-electron chi connectivity index (χ3n) is 3.93. The second kappa shape index (κ2) is 5.54. The Kier molecular flexibility index (Phi) is 4.06. The molecule has 17 heavy (non-hydrogen) atoms. The summed E-state index contributed by atoms with van der Waals surface area (Å²) in [6, 6.07) is 9.33. The Balaban J connectivity index is 1.95. The van der Waals surface area contributed by atoms with Gasteiger partial charge in [-0.3, -0.25) is 0 Å². The summed E-state index contributed by atoms with van der Waals surface area (Å²) in [7, 11) is 2.05. The molecule has 1 aliphatic rings. The van der Waals surface area contributed by atoms with Crippen molar-refractivity contribution in [1.29, 1.82) is 0 Å². The van der Waals surface area contributed by atoms with E-state index in [4.69, 9.17) is 4.74 Å². The lowest BCUT2D eigenvalue weighted by atomic mass is 9.67. The molecule has 0 amide bonds. The largest absolute Gasteiger partial charge is 0.494 e. The monoisotopic (exact) mass is 233 g/mol. The van der Waals surface area contributed by atoms with E-state index in [9.17, 15) is 0 Å². The Hall–Kier alpha value is -1.02. The van der Waals surface area contributed by atoms with Crippen molar-refractivity contribution in [2.45, 2.75) is 38.6 Å². The summed E-state index contributed by atoms with van der Waals surface area (Å²) in [5.41, 5.74) is 1.45. The average molecular weight is 233 g/mol. The molecule has 1 aromatic rings. The van der Waals surface area contributed by atoms with Gasteiger partial charge in [-0.05, 0) is 49.4 Å². The first-order valence-electron chi connectivity index (χ1n) is 6.66. The quantitative estimate of drug-likeness (QED) is 0.843. The van der Waals surface area contributed by atoms with Crippen molar-refractivity contribution < 1.29 is 4.74 Å². The predicted octanol–water partition coefficient (Wildman–Crippen LogP) is 3.19. The van der Waals surface area contributed by atoms with Gasteiger partial charge in [-0.25, -0.2) is 0 Å². The van der Waals surface area contributed by atoms with Gasteiger partial charge in [0.2, 0.25) is 0 Å². The molecule has 0 saturated heterocycles. The molecule has 1 aromatic carbocycles. The van der Waals surface area contributed by atoms with Crippen LogP contribution in [-0.2, 0) is 0 Å². The fourth-order valence-corrected chi connectivity index (χ4v) is 2.64. The first-order chi connectivity index (χ1) is 8.26. The first-order valence-corrected chi connectivity index (χ1v) is 6.66. The van der Waals surface area contributed by atoms with Gasteiger partial charge in [-0.15, -0.1) is 0 Å². The Morgan fingerprint density at radius 2 is 2.00 bits per heavy atom. The van der Waals surface area contributed by atoms with Crippen LogP contribution < -0.4 is 10.1 Å². The lowest BCUT2D eigenvalue weighted by Crippen LogP contribution is -2.46. The second-order valence-electron chi connectivity index (χ2n) is 5.01. The molecule has 1 saturated carbocycles. The Bertz CT molecular complexity index is 346. The summed E-state index contributed by atoms with van der Waals surface area (Å²) in [6.07, 6.45) is 2.32. The number of ether oxygens (including phenoxy) is 1. The Morgan fingerprint density at radius 3 is 2.53 bits per heavy atom. The number of rotatable bonds is 5. The molecular weight excluding hydrogens is 210 g/mol. The number of hydrogen-bond donors (Lipinski definition) is 1. The van der Waals surface area contributed by atoms with Gasteiger partial charge in [0.05, 0.1) is 6.61 Å². The van der Waals surface area contributed by atoms with E-state index in [2.05, 4.69) is 50.5 Å². The first kappa shape index (κ1) is 12.4. The molecule has 1 aliphatic carbocycles. The molecule has 2 heteroatoms. The summed E-state index contributed by atoms with van der Waals surface area (Å²) in [5.74, 6) is 2.45. The highest BCUT2D eigenvalue weighted by Gasteiger charge is 2.37. The van der Waals surface area contributed by atoms with Crippen LogP contribution in [0.3, 0.4) is 0 Å². The van der Waals surface area contributed by atoms with E-state index < -0.39 is 0 Å².